The molecular weight excluding hydrogens is 715 g/mol. The van der Waals surface area contributed by atoms with Crippen LogP contribution in [0.15, 0.2) is 35.1 Å². The molecule has 0 saturated carbocycles. The molecule has 1 N–H and O–H groups in total. The SMILES string of the molecule is C=c1c(C#N)c(O)n(N(C)C(=O)c2ccccc2)c(=O)/c1=C\c1sc(N(CCCCCCCCCCCC)CCCCCCCCCCCC)nc1C(C)(C)C. The molecule has 0 unspecified atom stereocenters. The average molecular weight is 786 g/mol. The zero-order chi connectivity index (χ0) is 40.9. The molecule has 0 radical (unpaired) electrons. The number of amides is 1. The van der Waals surface area contributed by atoms with Gasteiger partial charge in [-0.25, -0.2) is 9.99 Å². The van der Waals surface area contributed by atoms with Crippen LogP contribution in [0.25, 0.3) is 12.7 Å². The molecular formula is C47H71N5O3S. The number of hydrogen-bond acceptors (Lipinski definition) is 7. The van der Waals surface area contributed by atoms with Crippen LogP contribution >= 0.6 is 11.3 Å². The minimum Gasteiger partial charge on any atom is -0.492 e. The Morgan fingerprint density at radius 3 is 1.75 bits per heavy atom. The summed E-state index contributed by atoms with van der Waals surface area (Å²) >= 11 is 1.56. The van der Waals surface area contributed by atoms with Gasteiger partial charge in [-0.1, -0.05) is 186 Å². The van der Waals surface area contributed by atoms with Gasteiger partial charge < -0.3 is 10.0 Å². The highest BCUT2D eigenvalue weighted by Gasteiger charge is 2.26. The van der Waals surface area contributed by atoms with Crippen LogP contribution in [-0.4, -0.2) is 40.8 Å². The van der Waals surface area contributed by atoms with E-state index in [-0.39, 0.29) is 21.4 Å². The largest absolute Gasteiger partial charge is 0.492 e. The normalized spacial score (nSPS) is 11.9. The number of anilines is 1. The molecule has 2 heterocycles. The second-order valence-corrected chi connectivity index (χ2v) is 17.5. The molecule has 0 aliphatic heterocycles. The van der Waals surface area contributed by atoms with Crippen LogP contribution in [0.4, 0.5) is 5.13 Å². The maximum absolute atomic E-state index is 14.2. The summed E-state index contributed by atoms with van der Waals surface area (Å²) in [7, 11) is 1.41. The molecule has 8 nitrogen and oxygen atoms in total. The van der Waals surface area contributed by atoms with Gasteiger partial charge in [0.05, 0.1) is 15.8 Å². The first-order valence-corrected chi connectivity index (χ1v) is 22.5. The fraction of sp³-hybridized carbons (Fsp3) is 0.617. The number of carbonyl (C=O) groups is 1. The van der Waals surface area contributed by atoms with Crippen molar-refractivity contribution < 1.29 is 9.90 Å². The summed E-state index contributed by atoms with van der Waals surface area (Å²) in [4.78, 5) is 36.1. The van der Waals surface area contributed by atoms with Crippen LogP contribution in [0, 0.1) is 11.3 Å². The second-order valence-electron chi connectivity index (χ2n) is 16.5. The lowest BCUT2D eigenvalue weighted by atomic mass is 9.91. The molecule has 0 aliphatic carbocycles. The van der Waals surface area contributed by atoms with E-state index in [1.807, 2.05) is 6.07 Å². The molecule has 1 aromatic carbocycles. The highest BCUT2D eigenvalue weighted by atomic mass is 32.1. The van der Waals surface area contributed by atoms with Gasteiger partial charge in [-0.3, -0.25) is 9.59 Å². The summed E-state index contributed by atoms with van der Waals surface area (Å²) in [6, 6.07) is 10.5. The summed E-state index contributed by atoms with van der Waals surface area (Å²) < 4.78 is 0.871. The number of thiazole rings is 1. The molecule has 3 rings (SSSR count). The Balaban J connectivity index is 1.91. The average Bonchev–Trinajstić information content (AvgIpc) is 3.62. The number of hydrogen-bond donors (Lipinski definition) is 1. The highest BCUT2D eigenvalue weighted by molar-refractivity contribution is 7.16. The first-order chi connectivity index (χ1) is 27.0. The van der Waals surface area contributed by atoms with Crippen LogP contribution in [0.5, 0.6) is 5.88 Å². The third kappa shape index (κ3) is 14.2. The van der Waals surface area contributed by atoms with E-state index in [2.05, 4.69) is 46.1 Å². The number of rotatable bonds is 26. The van der Waals surface area contributed by atoms with E-state index in [1.54, 1.807) is 47.7 Å². The maximum atomic E-state index is 14.2. The number of carbonyl (C=O) groups excluding carboxylic acids is 1. The minimum atomic E-state index is -0.638. The molecule has 0 atom stereocenters. The quantitative estimate of drug-likeness (QED) is 0.0813. The van der Waals surface area contributed by atoms with Crippen molar-refractivity contribution in [2.45, 2.75) is 168 Å². The fourth-order valence-electron chi connectivity index (χ4n) is 7.22. The zero-order valence-corrected chi connectivity index (χ0v) is 36.5. The van der Waals surface area contributed by atoms with Crippen molar-refractivity contribution in [1.82, 2.24) is 9.66 Å². The summed E-state index contributed by atoms with van der Waals surface area (Å²) in [6.45, 7) is 16.8. The molecule has 0 spiro atoms. The summed E-state index contributed by atoms with van der Waals surface area (Å²) in [5.74, 6) is -1.12. The van der Waals surface area contributed by atoms with Gasteiger partial charge in [0.2, 0.25) is 5.88 Å². The molecule has 56 heavy (non-hydrogen) atoms. The van der Waals surface area contributed by atoms with E-state index in [9.17, 15) is 20.0 Å². The molecule has 0 bridgehead atoms. The van der Waals surface area contributed by atoms with Gasteiger partial charge in [0.15, 0.2) is 5.13 Å². The fourth-order valence-corrected chi connectivity index (χ4v) is 8.49. The van der Waals surface area contributed by atoms with Crippen LogP contribution < -0.4 is 25.9 Å². The van der Waals surface area contributed by atoms with Gasteiger partial charge in [-0.2, -0.15) is 9.94 Å². The second kappa shape index (κ2) is 24.7. The van der Waals surface area contributed by atoms with Crippen LogP contribution in [0.3, 0.4) is 0 Å². The summed E-state index contributed by atoms with van der Waals surface area (Å²) in [5.41, 5.74) is 0.0702. The summed E-state index contributed by atoms with van der Waals surface area (Å²) in [6.07, 6.45) is 27.5. The molecule has 0 fully saturated rings. The first-order valence-electron chi connectivity index (χ1n) is 21.6. The lowest BCUT2D eigenvalue weighted by Gasteiger charge is -2.22. The van der Waals surface area contributed by atoms with Crippen molar-refractivity contribution in [3.63, 3.8) is 0 Å². The van der Waals surface area contributed by atoms with Crippen molar-refractivity contribution in [1.29, 1.82) is 5.26 Å². The monoisotopic (exact) mass is 786 g/mol. The first kappa shape index (κ1) is 46.5. The number of aromatic hydroxyl groups is 1. The van der Waals surface area contributed by atoms with Crippen LogP contribution in [0.2, 0.25) is 0 Å². The van der Waals surface area contributed by atoms with E-state index in [1.165, 1.54) is 123 Å². The number of benzene rings is 1. The highest BCUT2D eigenvalue weighted by Crippen LogP contribution is 2.35. The minimum absolute atomic E-state index is 0.120. The number of aromatic nitrogens is 2. The van der Waals surface area contributed by atoms with Gasteiger partial charge in [0, 0.05) is 36.3 Å². The van der Waals surface area contributed by atoms with Gasteiger partial charge in [-0.15, -0.1) is 0 Å². The van der Waals surface area contributed by atoms with Crippen molar-refractivity contribution >= 4 is 35.0 Å². The Kier molecular flexibility index (Phi) is 20.5. The Morgan fingerprint density at radius 2 is 1.30 bits per heavy atom. The van der Waals surface area contributed by atoms with Gasteiger partial charge in [0.25, 0.3) is 11.5 Å². The van der Waals surface area contributed by atoms with E-state index >= 15 is 0 Å². The van der Waals surface area contributed by atoms with Crippen molar-refractivity contribution in [2.24, 2.45) is 0 Å². The molecule has 3 aromatic rings. The zero-order valence-electron chi connectivity index (χ0n) is 35.6. The van der Waals surface area contributed by atoms with Crippen molar-refractivity contribution in [3.05, 3.63) is 72.8 Å². The lowest BCUT2D eigenvalue weighted by molar-refractivity contribution is 0.0961. The predicted molar refractivity (Wildman–Crippen MR) is 237 cm³/mol. The molecule has 0 aliphatic rings. The Hall–Kier alpha value is -3.90. The lowest BCUT2D eigenvalue weighted by Crippen LogP contribution is -2.53. The maximum Gasteiger partial charge on any atom is 0.280 e. The molecule has 308 valence electrons. The van der Waals surface area contributed by atoms with Crippen molar-refractivity contribution in [2.75, 3.05) is 30.0 Å². The summed E-state index contributed by atoms with van der Waals surface area (Å²) in [5, 5.41) is 23.5. The Morgan fingerprint density at radius 1 is 0.839 bits per heavy atom. The number of nitriles is 1. The van der Waals surface area contributed by atoms with E-state index in [4.69, 9.17) is 4.98 Å². The Labute approximate surface area is 341 Å². The van der Waals surface area contributed by atoms with Gasteiger partial charge >= 0.3 is 0 Å². The van der Waals surface area contributed by atoms with Gasteiger partial charge in [0.1, 0.15) is 11.6 Å². The van der Waals surface area contributed by atoms with Crippen LogP contribution in [0.1, 0.15) is 190 Å². The number of nitrogens with zero attached hydrogens (tertiary/aromatic N) is 5. The van der Waals surface area contributed by atoms with E-state index in [0.29, 0.717) is 5.56 Å². The topological polar surface area (TPSA) is 102 Å². The van der Waals surface area contributed by atoms with Crippen LogP contribution in [-0.2, 0) is 5.41 Å². The number of pyridine rings is 1. The molecule has 9 heteroatoms. The molecule has 2 aromatic heterocycles. The third-order valence-electron chi connectivity index (χ3n) is 10.7. The predicted octanol–water partition coefficient (Wildman–Crippen LogP) is 10.5. The molecule has 1 amide bonds. The smallest absolute Gasteiger partial charge is 0.280 e. The third-order valence-corrected chi connectivity index (χ3v) is 11.7. The molecule has 0 saturated heterocycles. The van der Waals surface area contributed by atoms with E-state index < -0.39 is 17.3 Å². The number of unbranched alkanes of at least 4 members (excludes halogenated alkanes) is 18. The standard InChI is InChI=1S/C47H71N5O3S/c1-8-10-12-14-16-18-20-22-24-29-33-51(34-30-25-23-21-19-17-15-13-11-9-2)46-49-42(47(4,5)6)41(56-46)35-39-37(3)40(36-48)45(55)52(44(39)54)50(7)43(53)38-31-27-26-28-32-38/h26-28,31-32,35,55H,3,8-25,29-30,33-34H2,1-2,4-7H3/b39-35-. The van der Waals surface area contributed by atoms with Crippen molar-refractivity contribution in [3.8, 4) is 11.9 Å². The van der Waals surface area contributed by atoms with E-state index in [0.717, 1.165) is 51.3 Å². The Bertz CT molecular complexity index is 1810. The van der Waals surface area contributed by atoms with Gasteiger partial charge in [-0.05, 0) is 31.1 Å².